The van der Waals surface area contributed by atoms with Crippen molar-refractivity contribution < 1.29 is 14.3 Å². The largest absolute Gasteiger partial charge is 0.493 e. The number of likely N-dealkylation sites (N-methyl/N-ethyl adjacent to an activating group) is 1. The lowest BCUT2D eigenvalue weighted by atomic mass is 9.90. The molecule has 1 amide bonds. The number of amides is 1. The molecule has 0 spiro atoms. The average Bonchev–Trinajstić information content (AvgIpc) is 2.49. The first kappa shape index (κ1) is 15.9. The predicted octanol–water partition coefficient (Wildman–Crippen LogP) is 2.37. The van der Waals surface area contributed by atoms with Crippen molar-refractivity contribution in [2.45, 2.75) is 31.8 Å². The minimum absolute atomic E-state index is 0.107. The highest BCUT2D eigenvalue weighted by atomic mass is 35.5. The number of carbonyl (C=O) groups is 1. The van der Waals surface area contributed by atoms with Gasteiger partial charge in [0.15, 0.2) is 11.5 Å². The van der Waals surface area contributed by atoms with Crippen molar-refractivity contribution in [2.75, 3.05) is 20.8 Å². The first-order chi connectivity index (χ1) is 10.0. The maximum Gasteiger partial charge on any atom is 0.223 e. The lowest BCUT2D eigenvalue weighted by Gasteiger charge is -2.40. The molecule has 1 heterocycles. The molecule has 2 unspecified atom stereocenters. The zero-order chi connectivity index (χ0) is 15.6. The number of likely N-dealkylation sites (tertiary alicyclic amines) is 1. The molecule has 0 aliphatic carbocycles. The first-order valence-corrected chi connectivity index (χ1v) is 7.38. The summed E-state index contributed by atoms with van der Waals surface area (Å²) >= 11 is 6.46. The van der Waals surface area contributed by atoms with Gasteiger partial charge in [0.25, 0.3) is 0 Å². The number of halogens is 1. The number of hydrogen-bond acceptors (Lipinski definition) is 4. The van der Waals surface area contributed by atoms with Gasteiger partial charge in [-0.2, -0.15) is 0 Å². The number of piperidine rings is 1. The van der Waals surface area contributed by atoms with E-state index in [0.717, 1.165) is 5.56 Å². The summed E-state index contributed by atoms with van der Waals surface area (Å²) in [4.78, 5) is 13.9. The minimum Gasteiger partial charge on any atom is -0.493 e. The SMILES string of the molecule is CCN1C(=O)CCC(N)C1c1ccc(OC)c(OC)c1Cl. The fourth-order valence-corrected chi connectivity index (χ4v) is 3.23. The number of carbonyl (C=O) groups excluding carboxylic acids is 1. The van der Waals surface area contributed by atoms with Crippen LogP contribution in [0.4, 0.5) is 0 Å². The van der Waals surface area contributed by atoms with Gasteiger partial charge in [-0.3, -0.25) is 4.79 Å². The second-order valence-electron chi connectivity index (χ2n) is 5.03. The highest BCUT2D eigenvalue weighted by Crippen LogP contribution is 2.43. The quantitative estimate of drug-likeness (QED) is 0.927. The predicted molar refractivity (Wildman–Crippen MR) is 81.9 cm³/mol. The number of benzene rings is 1. The lowest BCUT2D eigenvalue weighted by Crippen LogP contribution is -2.48. The Hall–Kier alpha value is -1.46. The smallest absolute Gasteiger partial charge is 0.223 e. The van der Waals surface area contributed by atoms with Crippen LogP contribution in [0.15, 0.2) is 12.1 Å². The number of nitrogens with zero attached hydrogens (tertiary/aromatic N) is 1. The van der Waals surface area contributed by atoms with Gasteiger partial charge >= 0.3 is 0 Å². The molecular formula is C15H21ClN2O3. The van der Waals surface area contributed by atoms with Gasteiger partial charge in [0.1, 0.15) is 0 Å². The van der Waals surface area contributed by atoms with E-state index < -0.39 is 0 Å². The summed E-state index contributed by atoms with van der Waals surface area (Å²) in [5.74, 6) is 1.14. The third-order valence-electron chi connectivity index (χ3n) is 3.93. The van der Waals surface area contributed by atoms with Gasteiger partial charge in [-0.15, -0.1) is 0 Å². The summed E-state index contributed by atoms with van der Waals surface area (Å²) in [5, 5.41) is 0.449. The van der Waals surface area contributed by atoms with Crippen molar-refractivity contribution in [3.8, 4) is 11.5 Å². The normalized spacial score (nSPS) is 22.3. The van der Waals surface area contributed by atoms with Crippen molar-refractivity contribution >= 4 is 17.5 Å². The second-order valence-corrected chi connectivity index (χ2v) is 5.41. The van der Waals surface area contributed by atoms with Crippen molar-refractivity contribution in [2.24, 2.45) is 5.73 Å². The van der Waals surface area contributed by atoms with Crippen LogP contribution in [-0.2, 0) is 4.79 Å². The monoisotopic (exact) mass is 312 g/mol. The van der Waals surface area contributed by atoms with Gasteiger partial charge < -0.3 is 20.1 Å². The standard InChI is InChI=1S/C15H21ClN2O3/c1-4-18-12(19)8-6-10(17)14(18)9-5-7-11(20-2)15(21-3)13(9)16/h5,7,10,14H,4,6,8,17H2,1-3H3. The second kappa shape index (κ2) is 6.54. The maximum absolute atomic E-state index is 12.1. The Kier molecular flexibility index (Phi) is 4.96. The molecule has 1 aromatic carbocycles. The molecule has 0 bridgehead atoms. The maximum atomic E-state index is 12.1. The van der Waals surface area contributed by atoms with E-state index in [4.69, 9.17) is 26.8 Å². The highest BCUT2D eigenvalue weighted by molar-refractivity contribution is 6.33. The third-order valence-corrected chi connectivity index (χ3v) is 4.32. The zero-order valence-electron chi connectivity index (χ0n) is 12.6. The van der Waals surface area contributed by atoms with Crippen molar-refractivity contribution in [1.29, 1.82) is 0 Å². The summed E-state index contributed by atoms with van der Waals surface area (Å²) in [5.41, 5.74) is 7.05. The minimum atomic E-state index is -0.233. The molecule has 5 nitrogen and oxygen atoms in total. The van der Waals surface area contributed by atoms with Crippen LogP contribution < -0.4 is 15.2 Å². The van der Waals surface area contributed by atoms with E-state index in [9.17, 15) is 4.79 Å². The molecular weight excluding hydrogens is 292 g/mol. The molecule has 1 aliphatic heterocycles. The van der Waals surface area contributed by atoms with E-state index in [1.165, 1.54) is 7.11 Å². The molecule has 1 fully saturated rings. The molecule has 1 aromatic rings. The van der Waals surface area contributed by atoms with Gasteiger partial charge in [-0.25, -0.2) is 0 Å². The summed E-state index contributed by atoms with van der Waals surface area (Å²) in [6, 6.07) is 3.27. The van der Waals surface area contributed by atoms with E-state index in [-0.39, 0.29) is 18.0 Å². The molecule has 1 aliphatic rings. The highest BCUT2D eigenvalue weighted by Gasteiger charge is 2.36. The van der Waals surface area contributed by atoms with Crippen LogP contribution in [0.25, 0.3) is 0 Å². The average molecular weight is 313 g/mol. The third kappa shape index (κ3) is 2.80. The van der Waals surface area contributed by atoms with E-state index in [1.54, 1.807) is 18.1 Å². The molecule has 6 heteroatoms. The molecule has 1 saturated heterocycles. The van der Waals surface area contributed by atoms with E-state index in [2.05, 4.69) is 0 Å². The van der Waals surface area contributed by atoms with Crippen LogP contribution >= 0.6 is 11.6 Å². The molecule has 0 saturated carbocycles. The van der Waals surface area contributed by atoms with Gasteiger partial charge in [-0.1, -0.05) is 17.7 Å². The fraction of sp³-hybridized carbons (Fsp3) is 0.533. The van der Waals surface area contributed by atoms with E-state index >= 15 is 0 Å². The summed E-state index contributed by atoms with van der Waals surface area (Å²) in [6.07, 6.45) is 1.14. The Bertz CT molecular complexity index is 536. The summed E-state index contributed by atoms with van der Waals surface area (Å²) < 4.78 is 10.6. The van der Waals surface area contributed by atoms with Gasteiger partial charge in [0.05, 0.1) is 25.3 Å². The van der Waals surface area contributed by atoms with Crippen molar-refractivity contribution in [3.63, 3.8) is 0 Å². The topological polar surface area (TPSA) is 64.8 Å². The van der Waals surface area contributed by atoms with Gasteiger partial charge in [-0.05, 0) is 25.0 Å². The Balaban J connectivity index is 2.50. The van der Waals surface area contributed by atoms with Crippen LogP contribution in [0.5, 0.6) is 11.5 Å². The molecule has 2 N–H and O–H groups in total. The van der Waals surface area contributed by atoms with Crippen LogP contribution in [0, 0.1) is 0 Å². The number of rotatable bonds is 4. The van der Waals surface area contributed by atoms with Crippen molar-refractivity contribution in [1.82, 2.24) is 4.90 Å². The first-order valence-electron chi connectivity index (χ1n) is 7.00. The number of ether oxygens (including phenoxy) is 2. The zero-order valence-corrected chi connectivity index (χ0v) is 13.3. The van der Waals surface area contributed by atoms with Crippen molar-refractivity contribution in [3.05, 3.63) is 22.7 Å². The van der Waals surface area contributed by atoms with Crippen LogP contribution in [0.1, 0.15) is 31.4 Å². The Morgan fingerprint density at radius 3 is 2.67 bits per heavy atom. The van der Waals surface area contributed by atoms with E-state index in [1.807, 2.05) is 13.0 Å². The number of hydrogen-bond donors (Lipinski definition) is 1. The Labute approximate surface area is 130 Å². The van der Waals surface area contributed by atoms with Gasteiger partial charge in [0, 0.05) is 19.0 Å². The molecule has 0 radical (unpaired) electrons. The van der Waals surface area contributed by atoms with E-state index in [0.29, 0.717) is 35.9 Å². The molecule has 2 rings (SSSR count). The Morgan fingerprint density at radius 1 is 1.38 bits per heavy atom. The molecule has 2 atom stereocenters. The summed E-state index contributed by atoms with van der Waals surface area (Å²) in [7, 11) is 3.10. The van der Waals surface area contributed by atoms with Gasteiger partial charge in [0.2, 0.25) is 5.91 Å². The molecule has 21 heavy (non-hydrogen) atoms. The Morgan fingerprint density at radius 2 is 2.10 bits per heavy atom. The lowest BCUT2D eigenvalue weighted by molar-refractivity contribution is -0.137. The van der Waals surface area contributed by atoms with Crippen LogP contribution in [0.3, 0.4) is 0 Å². The fourth-order valence-electron chi connectivity index (χ4n) is 2.88. The van der Waals surface area contributed by atoms with Crippen LogP contribution in [0.2, 0.25) is 5.02 Å². The van der Waals surface area contributed by atoms with Crippen LogP contribution in [-0.4, -0.2) is 37.6 Å². The number of methoxy groups -OCH3 is 2. The summed E-state index contributed by atoms with van der Waals surface area (Å²) in [6.45, 7) is 2.54. The molecule has 116 valence electrons. The number of nitrogens with two attached hydrogens (primary N) is 1. The molecule has 0 aromatic heterocycles.